The zero-order valence-corrected chi connectivity index (χ0v) is 11.8. The van der Waals surface area contributed by atoms with Gasteiger partial charge in [0.1, 0.15) is 0 Å². The van der Waals surface area contributed by atoms with E-state index in [1.165, 1.54) is 0 Å². The average Bonchev–Trinajstić information content (AvgIpc) is 2.31. The van der Waals surface area contributed by atoms with E-state index in [2.05, 4.69) is 19.2 Å². The molecule has 0 unspecified atom stereocenters. The molecule has 3 N–H and O–H groups in total. The van der Waals surface area contributed by atoms with Crippen LogP contribution in [-0.2, 0) is 9.53 Å². The molecule has 1 aliphatic carbocycles. The van der Waals surface area contributed by atoms with E-state index in [4.69, 9.17) is 10.5 Å². The summed E-state index contributed by atoms with van der Waals surface area (Å²) in [5.41, 5.74) is 5.85. The van der Waals surface area contributed by atoms with Gasteiger partial charge in [0.25, 0.3) is 0 Å². The first-order valence-corrected chi connectivity index (χ1v) is 7.18. The molecule has 18 heavy (non-hydrogen) atoms. The second-order valence-corrected chi connectivity index (χ2v) is 5.80. The third kappa shape index (κ3) is 6.97. The second kappa shape index (κ2) is 8.48. The molecule has 1 fully saturated rings. The first-order valence-electron chi connectivity index (χ1n) is 7.18. The van der Waals surface area contributed by atoms with E-state index in [1.807, 2.05) is 0 Å². The van der Waals surface area contributed by atoms with E-state index >= 15 is 0 Å². The lowest BCUT2D eigenvalue weighted by Gasteiger charge is -2.25. The maximum atomic E-state index is 11.7. The molecule has 0 heterocycles. The van der Waals surface area contributed by atoms with Crippen LogP contribution < -0.4 is 11.1 Å². The third-order valence-corrected chi connectivity index (χ3v) is 3.39. The van der Waals surface area contributed by atoms with Crippen LogP contribution in [-0.4, -0.2) is 31.7 Å². The largest absolute Gasteiger partial charge is 0.379 e. The molecule has 1 saturated carbocycles. The van der Waals surface area contributed by atoms with Crippen molar-refractivity contribution >= 4 is 5.91 Å². The summed E-state index contributed by atoms with van der Waals surface area (Å²) in [4.78, 5) is 11.7. The van der Waals surface area contributed by atoms with Crippen molar-refractivity contribution in [2.45, 2.75) is 52.0 Å². The van der Waals surface area contributed by atoms with Crippen LogP contribution in [0.4, 0.5) is 0 Å². The van der Waals surface area contributed by atoms with Crippen LogP contribution in [0.25, 0.3) is 0 Å². The van der Waals surface area contributed by atoms with Crippen LogP contribution in [0.1, 0.15) is 46.0 Å². The molecular weight excluding hydrogens is 228 g/mol. The monoisotopic (exact) mass is 256 g/mol. The van der Waals surface area contributed by atoms with E-state index in [0.717, 1.165) is 32.3 Å². The summed E-state index contributed by atoms with van der Waals surface area (Å²) in [6, 6.07) is 0.355. The highest BCUT2D eigenvalue weighted by Gasteiger charge is 2.20. The number of ether oxygens (including phenoxy) is 1. The highest BCUT2D eigenvalue weighted by atomic mass is 16.5. The van der Waals surface area contributed by atoms with Crippen molar-refractivity contribution in [1.82, 2.24) is 5.32 Å². The number of carbonyl (C=O) groups excluding carboxylic acids is 1. The predicted molar refractivity (Wildman–Crippen MR) is 73.2 cm³/mol. The Bertz CT molecular complexity index is 236. The molecule has 4 heteroatoms. The molecule has 0 aliphatic heterocycles. The molecule has 106 valence electrons. The lowest BCUT2D eigenvalue weighted by Crippen LogP contribution is -2.32. The number of rotatable bonds is 7. The Morgan fingerprint density at radius 1 is 1.33 bits per heavy atom. The molecule has 0 radical (unpaired) electrons. The van der Waals surface area contributed by atoms with Crippen molar-refractivity contribution in [3.63, 3.8) is 0 Å². The molecule has 0 aromatic heterocycles. The van der Waals surface area contributed by atoms with Crippen molar-refractivity contribution in [3.8, 4) is 0 Å². The van der Waals surface area contributed by atoms with E-state index in [-0.39, 0.29) is 5.91 Å². The van der Waals surface area contributed by atoms with E-state index < -0.39 is 0 Å². The zero-order valence-electron chi connectivity index (χ0n) is 11.8. The number of hydrogen-bond donors (Lipinski definition) is 2. The third-order valence-electron chi connectivity index (χ3n) is 3.39. The number of amides is 1. The first kappa shape index (κ1) is 15.4. The standard InChI is InChI=1S/C14H28N2O2/c1-11(2)10-18-8-7-16-14(17)9-12-3-5-13(15)6-4-12/h11-13H,3-10,15H2,1-2H3,(H,16,17). The van der Waals surface area contributed by atoms with Gasteiger partial charge >= 0.3 is 0 Å². The highest BCUT2D eigenvalue weighted by Crippen LogP contribution is 2.25. The fraction of sp³-hybridized carbons (Fsp3) is 0.929. The van der Waals surface area contributed by atoms with E-state index in [9.17, 15) is 4.79 Å². The molecule has 0 atom stereocenters. The van der Waals surface area contributed by atoms with Gasteiger partial charge in [0.15, 0.2) is 0 Å². The van der Waals surface area contributed by atoms with Gasteiger partial charge in [-0.25, -0.2) is 0 Å². The minimum atomic E-state index is 0.156. The van der Waals surface area contributed by atoms with E-state index in [1.54, 1.807) is 0 Å². The highest BCUT2D eigenvalue weighted by molar-refractivity contribution is 5.76. The summed E-state index contributed by atoms with van der Waals surface area (Å²) in [6.07, 6.45) is 4.97. The van der Waals surface area contributed by atoms with Crippen LogP contribution in [0.15, 0.2) is 0 Å². The van der Waals surface area contributed by atoms with Crippen LogP contribution in [0.3, 0.4) is 0 Å². The molecule has 0 saturated heterocycles. The van der Waals surface area contributed by atoms with E-state index in [0.29, 0.717) is 37.5 Å². The number of hydrogen-bond acceptors (Lipinski definition) is 3. The molecule has 0 spiro atoms. The zero-order chi connectivity index (χ0) is 13.4. The molecule has 1 amide bonds. The molecule has 1 aliphatic rings. The number of nitrogens with one attached hydrogen (secondary N) is 1. The minimum Gasteiger partial charge on any atom is -0.379 e. The van der Waals surface area contributed by atoms with Crippen LogP contribution in [0.2, 0.25) is 0 Å². The summed E-state index contributed by atoms with van der Waals surface area (Å²) >= 11 is 0. The van der Waals surface area contributed by atoms with Gasteiger partial charge in [0.2, 0.25) is 5.91 Å². The summed E-state index contributed by atoms with van der Waals surface area (Å²) in [6.45, 7) is 6.23. The topological polar surface area (TPSA) is 64.3 Å². The van der Waals surface area contributed by atoms with Gasteiger partial charge in [0, 0.05) is 25.6 Å². The Morgan fingerprint density at radius 3 is 2.61 bits per heavy atom. The summed E-state index contributed by atoms with van der Waals surface area (Å²) < 4.78 is 5.42. The summed E-state index contributed by atoms with van der Waals surface area (Å²) in [7, 11) is 0. The maximum absolute atomic E-state index is 11.7. The van der Waals surface area contributed by atoms with Crippen molar-refractivity contribution < 1.29 is 9.53 Å². The van der Waals surface area contributed by atoms with Crippen molar-refractivity contribution in [2.75, 3.05) is 19.8 Å². The van der Waals surface area contributed by atoms with Crippen LogP contribution in [0, 0.1) is 11.8 Å². The number of nitrogens with two attached hydrogens (primary N) is 1. The predicted octanol–water partition coefficient (Wildman–Crippen LogP) is 1.68. The Balaban J connectivity index is 2.00. The fourth-order valence-corrected chi connectivity index (χ4v) is 2.31. The van der Waals surface area contributed by atoms with Gasteiger partial charge in [-0.05, 0) is 37.5 Å². The molecule has 4 nitrogen and oxygen atoms in total. The van der Waals surface area contributed by atoms with Crippen molar-refractivity contribution in [1.29, 1.82) is 0 Å². The summed E-state index contributed by atoms with van der Waals surface area (Å²) in [5, 5.41) is 2.92. The molecule has 1 rings (SSSR count). The normalized spacial score (nSPS) is 24.2. The lowest BCUT2D eigenvalue weighted by atomic mass is 9.84. The Kier molecular flexibility index (Phi) is 7.28. The first-order chi connectivity index (χ1) is 8.58. The SMILES string of the molecule is CC(C)COCCNC(=O)CC1CCC(N)CC1. The minimum absolute atomic E-state index is 0.156. The Labute approximate surface area is 111 Å². The van der Waals surface area contributed by atoms with Crippen LogP contribution >= 0.6 is 0 Å². The van der Waals surface area contributed by atoms with Crippen molar-refractivity contribution in [2.24, 2.45) is 17.6 Å². The second-order valence-electron chi connectivity index (χ2n) is 5.80. The van der Waals surface area contributed by atoms with Gasteiger partial charge in [-0.2, -0.15) is 0 Å². The average molecular weight is 256 g/mol. The quantitative estimate of drug-likeness (QED) is 0.681. The van der Waals surface area contributed by atoms with Gasteiger partial charge in [-0.1, -0.05) is 13.8 Å². The fourth-order valence-electron chi connectivity index (χ4n) is 2.31. The lowest BCUT2D eigenvalue weighted by molar-refractivity contribution is -0.122. The van der Waals surface area contributed by atoms with Crippen molar-refractivity contribution in [3.05, 3.63) is 0 Å². The summed E-state index contributed by atoms with van der Waals surface area (Å²) in [5.74, 6) is 1.23. The van der Waals surface area contributed by atoms with Gasteiger partial charge in [0.05, 0.1) is 6.61 Å². The van der Waals surface area contributed by atoms with Gasteiger partial charge in [-0.15, -0.1) is 0 Å². The van der Waals surface area contributed by atoms with Crippen LogP contribution in [0.5, 0.6) is 0 Å². The number of carbonyl (C=O) groups is 1. The molecular formula is C14H28N2O2. The van der Waals surface area contributed by atoms with Gasteiger partial charge < -0.3 is 15.8 Å². The Morgan fingerprint density at radius 2 is 2.00 bits per heavy atom. The Hall–Kier alpha value is -0.610. The van der Waals surface area contributed by atoms with Gasteiger partial charge in [-0.3, -0.25) is 4.79 Å². The smallest absolute Gasteiger partial charge is 0.220 e. The molecule has 0 aromatic rings. The molecule has 0 bridgehead atoms. The maximum Gasteiger partial charge on any atom is 0.220 e. The molecule has 0 aromatic carbocycles.